The fourth-order valence-corrected chi connectivity index (χ4v) is 5.24. The molecule has 2 aliphatic heterocycles. The minimum Gasteiger partial charge on any atom is -0.385 e. The molecule has 0 spiro atoms. The first-order valence-corrected chi connectivity index (χ1v) is 13.2. The van der Waals surface area contributed by atoms with Crippen molar-refractivity contribution in [2.24, 2.45) is 11.8 Å². The van der Waals surface area contributed by atoms with Crippen LogP contribution in [0.15, 0.2) is 36.4 Å². The minimum atomic E-state index is 0.540. The number of methoxy groups -OCH3 is 1. The SMILES string of the molecule is COCCCNC(=S)Nc1nc(N2CCN(c3ccccc3)CC2)cc(N2CC(C)CC(C)C2)n1. The number of piperidine rings is 1. The Morgan fingerprint density at radius 3 is 2.26 bits per heavy atom. The van der Waals surface area contributed by atoms with E-state index in [0.717, 1.165) is 63.9 Å². The molecule has 0 bridgehead atoms. The van der Waals surface area contributed by atoms with Gasteiger partial charge in [-0.3, -0.25) is 0 Å². The Labute approximate surface area is 215 Å². The molecule has 2 aliphatic rings. The lowest BCUT2D eigenvalue weighted by atomic mass is 9.92. The van der Waals surface area contributed by atoms with Crippen molar-refractivity contribution >= 4 is 40.6 Å². The second kappa shape index (κ2) is 12.4. The van der Waals surface area contributed by atoms with Crippen molar-refractivity contribution < 1.29 is 4.74 Å². The van der Waals surface area contributed by atoms with Crippen LogP contribution in [0.1, 0.15) is 26.7 Å². The van der Waals surface area contributed by atoms with Crippen LogP contribution >= 0.6 is 12.2 Å². The molecule has 2 unspecified atom stereocenters. The molecule has 0 amide bonds. The van der Waals surface area contributed by atoms with E-state index in [9.17, 15) is 0 Å². The van der Waals surface area contributed by atoms with E-state index in [1.807, 2.05) is 0 Å². The van der Waals surface area contributed by atoms with Crippen LogP contribution in [-0.2, 0) is 4.74 Å². The number of thiocarbonyl (C=S) groups is 1. The number of aromatic nitrogens is 2. The van der Waals surface area contributed by atoms with Crippen LogP contribution < -0.4 is 25.3 Å². The van der Waals surface area contributed by atoms with Gasteiger partial charge in [-0.25, -0.2) is 0 Å². The highest BCUT2D eigenvalue weighted by Crippen LogP contribution is 2.29. The summed E-state index contributed by atoms with van der Waals surface area (Å²) < 4.78 is 5.12. The van der Waals surface area contributed by atoms with Gasteiger partial charge in [-0.2, -0.15) is 9.97 Å². The highest BCUT2D eigenvalue weighted by molar-refractivity contribution is 7.80. The van der Waals surface area contributed by atoms with E-state index in [0.29, 0.717) is 29.5 Å². The standard InChI is InChI=1S/C26H39N7OS/c1-20-16-21(2)19-33(18-20)24-17-23(28-25(29-24)30-26(35)27-10-7-15-34-3)32-13-11-31(12-14-32)22-8-5-4-6-9-22/h4-6,8-9,17,20-21H,7,10-16,18-19H2,1-3H3,(H2,27,28,29,30,35). The van der Waals surface area contributed by atoms with Crippen molar-refractivity contribution in [3.8, 4) is 0 Å². The molecule has 2 atom stereocenters. The van der Waals surface area contributed by atoms with E-state index in [1.54, 1.807) is 7.11 Å². The first-order valence-electron chi connectivity index (χ1n) is 12.7. The average Bonchev–Trinajstić information content (AvgIpc) is 2.86. The molecule has 190 valence electrons. The molecule has 2 saturated heterocycles. The van der Waals surface area contributed by atoms with Gasteiger partial charge in [0.15, 0.2) is 5.11 Å². The van der Waals surface area contributed by atoms with Crippen molar-refractivity contribution in [2.75, 3.05) is 79.5 Å². The molecule has 1 aromatic heterocycles. The molecule has 0 saturated carbocycles. The lowest BCUT2D eigenvalue weighted by molar-refractivity contribution is 0.196. The zero-order chi connectivity index (χ0) is 24.6. The summed E-state index contributed by atoms with van der Waals surface area (Å²) in [6, 6.07) is 12.8. The third-order valence-electron chi connectivity index (χ3n) is 6.65. The Balaban J connectivity index is 1.49. The maximum Gasteiger partial charge on any atom is 0.232 e. The maximum absolute atomic E-state index is 5.52. The molecule has 9 heteroatoms. The normalized spacial score (nSPS) is 20.6. The van der Waals surface area contributed by atoms with Gasteiger partial charge in [-0.15, -0.1) is 0 Å². The molecule has 2 fully saturated rings. The van der Waals surface area contributed by atoms with Crippen molar-refractivity contribution in [1.29, 1.82) is 0 Å². The van der Waals surface area contributed by atoms with Gasteiger partial charge in [0.05, 0.1) is 0 Å². The van der Waals surface area contributed by atoms with E-state index >= 15 is 0 Å². The first kappa shape index (κ1) is 25.4. The zero-order valence-corrected chi connectivity index (χ0v) is 22.1. The van der Waals surface area contributed by atoms with E-state index in [1.165, 1.54) is 12.1 Å². The molecular formula is C26H39N7OS. The number of para-hydroxylation sites is 1. The maximum atomic E-state index is 5.52. The second-order valence-electron chi connectivity index (χ2n) is 9.80. The summed E-state index contributed by atoms with van der Waals surface area (Å²) in [5, 5.41) is 7.00. The van der Waals surface area contributed by atoms with Crippen LogP contribution in [0.3, 0.4) is 0 Å². The summed E-state index contributed by atoms with van der Waals surface area (Å²) >= 11 is 5.52. The highest BCUT2D eigenvalue weighted by Gasteiger charge is 2.25. The molecule has 0 radical (unpaired) electrons. The lowest BCUT2D eigenvalue weighted by Crippen LogP contribution is -2.47. The Morgan fingerprint density at radius 1 is 0.971 bits per heavy atom. The minimum absolute atomic E-state index is 0.540. The van der Waals surface area contributed by atoms with E-state index in [4.69, 9.17) is 26.9 Å². The van der Waals surface area contributed by atoms with E-state index in [2.05, 4.69) is 75.6 Å². The lowest BCUT2D eigenvalue weighted by Gasteiger charge is -2.38. The Kier molecular flexibility index (Phi) is 8.98. The summed E-state index contributed by atoms with van der Waals surface area (Å²) in [7, 11) is 1.71. The fraction of sp³-hybridized carbons (Fsp3) is 0.577. The number of hydrogen-bond acceptors (Lipinski definition) is 7. The number of anilines is 4. The van der Waals surface area contributed by atoms with Crippen molar-refractivity contribution in [2.45, 2.75) is 26.7 Å². The van der Waals surface area contributed by atoms with Gasteiger partial charge < -0.3 is 30.1 Å². The van der Waals surface area contributed by atoms with Gasteiger partial charge in [0.25, 0.3) is 0 Å². The van der Waals surface area contributed by atoms with Gasteiger partial charge >= 0.3 is 0 Å². The van der Waals surface area contributed by atoms with Crippen molar-refractivity contribution in [3.63, 3.8) is 0 Å². The van der Waals surface area contributed by atoms with Gasteiger partial charge in [0.2, 0.25) is 5.95 Å². The Bertz CT molecular complexity index is 942. The topological polar surface area (TPSA) is 68.8 Å². The summed E-state index contributed by atoms with van der Waals surface area (Å²) in [6.07, 6.45) is 2.15. The quantitative estimate of drug-likeness (QED) is 0.420. The molecular weight excluding hydrogens is 458 g/mol. The molecule has 3 heterocycles. The highest BCUT2D eigenvalue weighted by atomic mass is 32.1. The van der Waals surface area contributed by atoms with Crippen molar-refractivity contribution in [3.05, 3.63) is 36.4 Å². The van der Waals surface area contributed by atoms with E-state index in [-0.39, 0.29) is 0 Å². The van der Waals surface area contributed by atoms with Gasteiger partial charge in [0.1, 0.15) is 11.6 Å². The molecule has 35 heavy (non-hydrogen) atoms. The number of ether oxygens (including phenoxy) is 1. The fourth-order valence-electron chi connectivity index (χ4n) is 5.05. The number of nitrogens with zero attached hydrogens (tertiary/aromatic N) is 5. The molecule has 0 aliphatic carbocycles. The third kappa shape index (κ3) is 7.18. The summed E-state index contributed by atoms with van der Waals surface area (Å²) in [4.78, 5) is 17.0. The van der Waals surface area contributed by atoms with Gasteiger partial charge in [0, 0.05) is 71.3 Å². The smallest absolute Gasteiger partial charge is 0.232 e. The summed E-state index contributed by atoms with van der Waals surface area (Å²) in [5.41, 5.74) is 1.28. The molecule has 4 rings (SSSR count). The number of rotatable bonds is 8. The molecule has 8 nitrogen and oxygen atoms in total. The largest absolute Gasteiger partial charge is 0.385 e. The van der Waals surface area contributed by atoms with Crippen LogP contribution in [0.5, 0.6) is 0 Å². The van der Waals surface area contributed by atoms with Crippen molar-refractivity contribution in [1.82, 2.24) is 15.3 Å². The first-order chi connectivity index (χ1) is 17.0. The van der Waals surface area contributed by atoms with Crippen LogP contribution in [0, 0.1) is 11.8 Å². The van der Waals surface area contributed by atoms with Crippen LogP contribution in [0.25, 0.3) is 0 Å². The van der Waals surface area contributed by atoms with Gasteiger partial charge in [-0.05, 0) is 49.0 Å². The van der Waals surface area contributed by atoms with Gasteiger partial charge in [-0.1, -0.05) is 32.0 Å². The second-order valence-corrected chi connectivity index (χ2v) is 10.2. The van der Waals surface area contributed by atoms with E-state index < -0.39 is 0 Å². The third-order valence-corrected chi connectivity index (χ3v) is 6.90. The predicted molar refractivity (Wildman–Crippen MR) is 149 cm³/mol. The summed E-state index contributed by atoms with van der Waals surface area (Å²) in [5.74, 6) is 3.78. The predicted octanol–water partition coefficient (Wildman–Crippen LogP) is 3.61. The monoisotopic (exact) mass is 497 g/mol. The number of nitrogens with one attached hydrogen (secondary N) is 2. The summed E-state index contributed by atoms with van der Waals surface area (Å²) in [6.45, 7) is 11.9. The molecule has 2 N–H and O–H groups in total. The Hall–Kier alpha value is -2.65. The van der Waals surface area contributed by atoms with Crippen LogP contribution in [0.4, 0.5) is 23.3 Å². The zero-order valence-electron chi connectivity index (χ0n) is 21.2. The van der Waals surface area contributed by atoms with Crippen LogP contribution in [0.2, 0.25) is 0 Å². The number of benzene rings is 1. The Morgan fingerprint density at radius 2 is 1.60 bits per heavy atom. The number of hydrogen-bond donors (Lipinski definition) is 2. The number of piperazine rings is 1. The molecule has 2 aromatic rings. The average molecular weight is 498 g/mol. The van der Waals surface area contributed by atoms with Crippen LogP contribution in [-0.4, -0.2) is 74.6 Å². The molecule has 1 aromatic carbocycles.